The van der Waals surface area contributed by atoms with E-state index in [1.54, 1.807) is 0 Å². The maximum absolute atomic E-state index is 10.1. The van der Waals surface area contributed by atoms with Gasteiger partial charge in [-0.1, -0.05) is 0 Å². The van der Waals surface area contributed by atoms with Crippen LogP contribution >= 0.6 is 0 Å². The molecule has 1 heterocycles. The van der Waals surface area contributed by atoms with Crippen molar-refractivity contribution in [3.8, 4) is 0 Å². The number of hydrogen-bond acceptors (Lipinski definition) is 4. The molecular weight excluding hydrogens is 218 g/mol. The summed E-state index contributed by atoms with van der Waals surface area (Å²) in [5, 5.41) is 0. The minimum Gasteiger partial charge on any atom is -0.726 e. The molecular formula is C9H19NO4S. The molecule has 0 aromatic carbocycles. The smallest absolute Gasteiger partial charge is 0.217 e. The molecule has 0 aromatic heterocycles. The summed E-state index contributed by atoms with van der Waals surface area (Å²) >= 11 is 0. The van der Waals surface area contributed by atoms with E-state index in [1.165, 1.54) is 25.9 Å². The van der Waals surface area contributed by atoms with Crippen LogP contribution in [0.2, 0.25) is 0 Å². The summed E-state index contributed by atoms with van der Waals surface area (Å²) < 4.78 is 35.6. The third-order valence-electron chi connectivity index (χ3n) is 2.97. The Hall–Kier alpha value is -0.170. The highest BCUT2D eigenvalue weighted by atomic mass is 32.3. The van der Waals surface area contributed by atoms with Gasteiger partial charge in [0.1, 0.15) is 0 Å². The van der Waals surface area contributed by atoms with Gasteiger partial charge in [-0.2, -0.15) is 0 Å². The van der Waals surface area contributed by atoms with Gasteiger partial charge in [0.05, 0.1) is 33.3 Å². The van der Waals surface area contributed by atoms with Crippen molar-refractivity contribution in [2.24, 2.45) is 0 Å². The maximum Gasteiger partial charge on any atom is 0.217 e. The Balaban J connectivity index is 2.06. The molecule has 0 spiro atoms. The van der Waals surface area contributed by atoms with Gasteiger partial charge in [0.25, 0.3) is 0 Å². The molecule has 90 valence electrons. The predicted molar refractivity (Wildman–Crippen MR) is 54.9 cm³/mol. The minimum absolute atomic E-state index is 0.0197. The lowest BCUT2D eigenvalue weighted by Crippen LogP contribution is -2.41. The second kappa shape index (κ2) is 5.25. The van der Waals surface area contributed by atoms with Crippen molar-refractivity contribution in [3.63, 3.8) is 0 Å². The Morgan fingerprint density at radius 2 is 1.87 bits per heavy atom. The molecule has 1 saturated heterocycles. The Labute approximate surface area is 91.6 Å². The third-order valence-corrected chi connectivity index (χ3v) is 3.42. The molecule has 0 bridgehead atoms. The van der Waals surface area contributed by atoms with E-state index in [9.17, 15) is 13.0 Å². The van der Waals surface area contributed by atoms with Crippen LogP contribution in [0.25, 0.3) is 0 Å². The number of rotatable bonds is 6. The molecule has 6 heteroatoms. The van der Waals surface area contributed by atoms with Crippen LogP contribution in [0.5, 0.6) is 0 Å². The zero-order valence-corrected chi connectivity index (χ0v) is 9.96. The first kappa shape index (κ1) is 12.9. The van der Waals surface area contributed by atoms with E-state index in [4.69, 9.17) is 0 Å². The molecule has 0 N–H and O–H groups in total. The van der Waals surface area contributed by atoms with E-state index in [-0.39, 0.29) is 6.61 Å². The van der Waals surface area contributed by atoms with Gasteiger partial charge in [-0.15, -0.1) is 0 Å². The Kier molecular flexibility index (Phi) is 4.51. The average Bonchev–Trinajstić information content (AvgIpc) is 2.50. The highest BCUT2D eigenvalue weighted by Crippen LogP contribution is 2.17. The zero-order chi connectivity index (χ0) is 11.4. The van der Waals surface area contributed by atoms with Gasteiger partial charge in [0, 0.05) is 12.8 Å². The quantitative estimate of drug-likeness (QED) is 0.292. The van der Waals surface area contributed by atoms with Crippen LogP contribution in [-0.2, 0) is 14.6 Å². The molecule has 15 heavy (non-hydrogen) atoms. The first-order chi connectivity index (χ1) is 6.91. The highest BCUT2D eigenvalue weighted by Gasteiger charge is 2.25. The number of likely N-dealkylation sites (tertiary alicyclic amines) is 1. The van der Waals surface area contributed by atoms with Gasteiger partial charge in [0.2, 0.25) is 10.4 Å². The van der Waals surface area contributed by atoms with Crippen molar-refractivity contribution in [1.29, 1.82) is 0 Å². The molecule has 0 atom stereocenters. The Morgan fingerprint density at radius 1 is 1.27 bits per heavy atom. The number of nitrogens with zero attached hydrogens (tertiary/aromatic N) is 1. The van der Waals surface area contributed by atoms with E-state index in [1.807, 2.05) is 0 Å². The second-order valence-electron chi connectivity index (χ2n) is 4.43. The lowest BCUT2D eigenvalue weighted by Gasteiger charge is -2.29. The fourth-order valence-electron chi connectivity index (χ4n) is 2.08. The van der Waals surface area contributed by atoms with Crippen molar-refractivity contribution in [3.05, 3.63) is 0 Å². The van der Waals surface area contributed by atoms with Gasteiger partial charge in [-0.3, -0.25) is 4.18 Å². The van der Waals surface area contributed by atoms with E-state index in [0.717, 1.165) is 17.4 Å². The van der Waals surface area contributed by atoms with Gasteiger partial charge < -0.3 is 9.04 Å². The molecule has 0 unspecified atom stereocenters. The van der Waals surface area contributed by atoms with E-state index in [0.29, 0.717) is 6.42 Å². The van der Waals surface area contributed by atoms with E-state index >= 15 is 0 Å². The van der Waals surface area contributed by atoms with Gasteiger partial charge in [-0.05, 0) is 12.8 Å². The van der Waals surface area contributed by atoms with Crippen LogP contribution in [0.1, 0.15) is 25.7 Å². The van der Waals surface area contributed by atoms with Crippen molar-refractivity contribution < 1.29 is 21.6 Å². The lowest BCUT2D eigenvalue weighted by molar-refractivity contribution is -0.897. The van der Waals surface area contributed by atoms with Crippen molar-refractivity contribution in [1.82, 2.24) is 0 Å². The summed E-state index contributed by atoms with van der Waals surface area (Å²) in [7, 11) is -2.27. The first-order valence-corrected chi connectivity index (χ1v) is 6.68. The van der Waals surface area contributed by atoms with Crippen LogP contribution < -0.4 is 0 Å². The maximum atomic E-state index is 10.1. The van der Waals surface area contributed by atoms with Crippen molar-refractivity contribution in [2.75, 3.05) is 33.3 Å². The highest BCUT2D eigenvalue weighted by molar-refractivity contribution is 7.80. The third kappa shape index (κ3) is 5.46. The minimum atomic E-state index is -4.49. The largest absolute Gasteiger partial charge is 0.726 e. The molecule has 0 saturated carbocycles. The second-order valence-corrected chi connectivity index (χ2v) is 5.49. The summed E-state index contributed by atoms with van der Waals surface area (Å²) in [5.41, 5.74) is 0. The summed E-state index contributed by atoms with van der Waals surface area (Å²) in [4.78, 5) is 0. The number of hydrogen-bond donors (Lipinski definition) is 0. The molecule has 1 fully saturated rings. The van der Waals surface area contributed by atoms with Crippen LogP contribution in [0, 0.1) is 0 Å². The zero-order valence-electron chi connectivity index (χ0n) is 9.15. The summed E-state index contributed by atoms with van der Waals surface area (Å²) in [6, 6.07) is 0. The Bertz CT molecular complexity index is 282. The van der Waals surface area contributed by atoms with Crippen LogP contribution in [0.15, 0.2) is 0 Å². The predicted octanol–water partition coefficient (Wildman–Crippen LogP) is 0.484. The Morgan fingerprint density at radius 3 is 2.40 bits per heavy atom. The molecule has 1 rings (SSSR count). The van der Waals surface area contributed by atoms with Crippen molar-refractivity contribution in [2.45, 2.75) is 25.7 Å². The first-order valence-electron chi connectivity index (χ1n) is 5.35. The van der Waals surface area contributed by atoms with Crippen molar-refractivity contribution >= 4 is 10.4 Å². The fraction of sp³-hybridized carbons (Fsp3) is 1.00. The fourth-order valence-corrected chi connectivity index (χ4v) is 2.40. The monoisotopic (exact) mass is 237 g/mol. The normalized spacial score (nSPS) is 20.7. The average molecular weight is 237 g/mol. The summed E-state index contributed by atoms with van der Waals surface area (Å²) in [6.07, 6.45) is 4.10. The molecule has 1 aliphatic heterocycles. The molecule has 1 aliphatic rings. The van der Waals surface area contributed by atoms with Gasteiger partial charge in [-0.25, -0.2) is 8.42 Å². The van der Waals surface area contributed by atoms with Crippen LogP contribution in [0.3, 0.4) is 0 Å². The lowest BCUT2D eigenvalue weighted by atomic mass is 10.3. The standard InChI is InChI=1S/C9H19NO4S/c1-10(6-2-3-7-10)8-4-5-9-14-15(11,12)13/h2-9H2,1H3. The van der Waals surface area contributed by atoms with Gasteiger partial charge in [0.15, 0.2) is 0 Å². The summed E-state index contributed by atoms with van der Waals surface area (Å²) in [6.45, 7) is 3.48. The van der Waals surface area contributed by atoms with Gasteiger partial charge >= 0.3 is 0 Å². The molecule has 0 aliphatic carbocycles. The molecule has 0 aromatic rings. The molecule has 0 radical (unpaired) electrons. The molecule has 5 nitrogen and oxygen atoms in total. The van der Waals surface area contributed by atoms with E-state index in [2.05, 4.69) is 11.2 Å². The van der Waals surface area contributed by atoms with E-state index < -0.39 is 10.4 Å². The SMILES string of the molecule is C[N+]1(CCCCOS(=O)(=O)[O-])CCCC1. The topological polar surface area (TPSA) is 66.4 Å². The number of unbranched alkanes of at least 4 members (excludes halogenated alkanes) is 1. The summed E-state index contributed by atoms with van der Waals surface area (Å²) in [5.74, 6) is 0. The number of quaternary nitrogens is 1. The molecule has 0 amide bonds. The van der Waals surface area contributed by atoms with Crippen LogP contribution in [0.4, 0.5) is 0 Å². The van der Waals surface area contributed by atoms with Crippen LogP contribution in [-0.4, -0.2) is 50.7 Å².